The summed E-state index contributed by atoms with van der Waals surface area (Å²) in [4.78, 5) is 12.3. The predicted molar refractivity (Wildman–Crippen MR) is 75.3 cm³/mol. The molecule has 1 saturated carbocycles. The van der Waals surface area contributed by atoms with Gasteiger partial charge < -0.3 is 11.1 Å². The van der Waals surface area contributed by atoms with Gasteiger partial charge in [-0.25, -0.2) is 0 Å². The van der Waals surface area contributed by atoms with Crippen LogP contribution in [0.2, 0.25) is 0 Å². The van der Waals surface area contributed by atoms with E-state index in [1.54, 1.807) is 0 Å². The van der Waals surface area contributed by atoms with Gasteiger partial charge in [-0.15, -0.1) is 0 Å². The van der Waals surface area contributed by atoms with E-state index in [0.717, 1.165) is 6.42 Å². The van der Waals surface area contributed by atoms with E-state index in [1.807, 2.05) is 30.4 Å². The molecule has 3 atom stereocenters. The Balaban J connectivity index is 1.69. The number of nitrogens with two attached hydrogens (primary N) is 1. The Bertz CT molecular complexity index is 479. The van der Waals surface area contributed by atoms with E-state index < -0.39 is 0 Å². The van der Waals surface area contributed by atoms with Gasteiger partial charge in [0.05, 0.1) is 12.0 Å². The summed E-state index contributed by atoms with van der Waals surface area (Å²) in [5.74, 6) is 0.662. The fraction of sp³-hybridized carbons (Fsp3) is 0.438. The third-order valence-electron chi connectivity index (χ3n) is 4.00. The Morgan fingerprint density at radius 3 is 2.53 bits per heavy atom. The van der Waals surface area contributed by atoms with Crippen LogP contribution in [0.4, 0.5) is 0 Å². The molecule has 1 amide bonds. The number of benzene rings is 1. The largest absolute Gasteiger partial charge is 0.349 e. The van der Waals surface area contributed by atoms with Crippen molar-refractivity contribution in [3.05, 3.63) is 48.0 Å². The molecule has 0 heterocycles. The fourth-order valence-corrected chi connectivity index (χ4v) is 2.75. The van der Waals surface area contributed by atoms with Crippen molar-refractivity contribution in [3.63, 3.8) is 0 Å². The smallest absolute Gasteiger partial charge is 0.227 e. The third kappa shape index (κ3) is 2.87. The molecule has 3 rings (SSSR count). The van der Waals surface area contributed by atoms with Gasteiger partial charge in [-0.3, -0.25) is 4.79 Å². The summed E-state index contributed by atoms with van der Waals surface area (Å²) >= 11 is 0. The quantitative estimate of drug-likeness (QED) is 0.811. The maximum atomic E-state index is 12.3. The molecule has 3 N–H and O–H groups in total. The molecule has 2 aliphatic rings. The van der Waals surface area contributed by atoms with E-state index in [4.69, 9.17) is 5.73 Å². The molecule has 0 saturated heterocycles. The normalized spacial score (nSPS) is 27.2. The first-order valence-corrected chi connectivity index (χ1v) is 7.03. The molecule has 0 aliphatic heterocycles. The summed E-state index contributed by atoms with van der Waals surface area (Å²) < 4.78 is 0. The number of rotatable bonds is 4. The lowest BCUT2D eigenvalue weighted by molar-refractivity contribution is -0.124. The van der Waals surface area contributed by atoms with Crippen LogP contribution in [0, 0.1) is 11.8 Å². The number of amides is 1. The lowest BCUT2D eigenvalue weighted by Crippen LogP contribution is -2.34. The SMILES string of the molecule is NC1C=CC(C(=O)NC(c2ccccc2)C2CC2)C1. The second-order valence-electron chi connectivity index (χ2n) is 5.63. The van der Waals surface area contributed by atoms with Crippen LogP contribution < -0.4 is 11.1 Å². The van der Waals surface area contributed by atoms with E-state index >= 15 is 0 Å². The van der Waals surface area contributed by atoms with Crippen molar-refractivity contribution in [2.24, 2.45) is 17.6 Å². The van der Waals surface area contributed by atoms with E-state index in [1.165, 1.54) is 18.4 Å². The Morgan fingerprint density at radius 2 is 1.95 bits per heavy atom. The van der Waals surface area contributed by atoms with Crippen molar-refractivity contribution in [1.82, 2.24) is 5.32 Å². The summed E-state index contributed by atoms with van der Waals surface area (Å²) in [6, 6.07) is 10.5. The minimum atomic E-state index is -0.0556. The topological polar surface area (TPSA) is 55.1 Å². The van der Waals surface area contributed by atoms with Crippen molar-refractivity contribution in [3.8, 4) is 0 Å². The van der Waals surface area contributed by atoms with Crippen LogP contribution in [0.5, 0.6) is 0 Å². The van der Waals surface area contributed by atoms with Gasteiger partial charge in [0.2, 0.25) is 5.91 Å². The number of hydrogen-bond donors (Lipinski definition) is 2. The van der Waals surface area contributed by atoms with E-state index in [0.29, 0.717) is 5.92 Å². The van der Waals surface area contributed by atoms with Crippen LogP contribution in [-0.2, 0) is 4.79 Å². The van der Waals surface area contributed by atoms with Gasteiger partial charge in [-0.1, -0.05) is 42.5 Å². The highest BCUT2D eigenvalue weighted by atomic mass is 16.1. The Hall–Kier alpha value is -1.61. The van der Waals surface area contributed by atoms with Gasteiger partial charge in [0, 0.05) is 6.04 Å². The molecule has 3 unspecified atom stereocenters. The van der Waals surface area contributed by atoms with Gasteiger partial charge in [-0.2, -0.15) is 0 Å². The number of carbonyl (C=O) groups is 1. The summed E-state index contributed by atoms with van der Waals surface area (Å²) in [6.07, 6.45) is 7.02. The van der Waals surface area contributed by atoms with Crippen molar-refractivity contribution in [2.45, 2.75) is 31.3 Å². The third-order valence-corrected chi connectivity index (χ3v) is 4.00. The standard InChI is InChI=1S/C16H20N2O/c17-14-9-8-13(10-14)16(19)18-15(12-6-7-12)11-4-2-1-3-5-11/h1-5,8-9,12-15H,6-7,10,17H2,(H,18,19). The van der Waals surface area contributed by atoms with Crippen LogP contribution in [0.25, 0.3) is 0 Å². The van der Waals surface area contributed by atoms with Crippen LogP contribution in [0.3, 0.4) is 0 Å². The monoisotopic (exact) mass is 256 g/mol. The lowest BCUT2D eigenvalue weighted by Gasteiger charge is -2.21. The second-order valence-corrected chi connectivity index (χ2v) is 5.63. The van der Waals surface area contributed by atoms with Gasteiger partial charge in [0.15, 0.2) is 0 Å². The van der Waals surface area contributed by atoms with Gasteiger partial charge >= 0.3 is 0 Å². The highest BCUT2D eigenvalue weighted by Crippen LogP contribution is 2.41. The average molecular weight is 256 g/mol. The number of nitrogens with one attached hydrogen (secondary N) is 1. The second kappa shape index (κ2) is 5.17. The molecular weight excluding hydrogens is 236 g/mol. The molecule has 1 aromatic rings. The first-order chi connectivity index (χ1) is 9.24. The van der Waals surface area contributed by atoms with Crippen molar-refractivity contribution < 1.29 is 4.79 Å². The molecule has 1 aromatic carbocycles. The summed E-state index contributed by atoms with van der Waals surface area (Å²) in [7, 11) is 0. The molecule has 3 nitrogen and oxygen atoms in total. The highest BCUT2D eigenvalue weighted by Gasteiger charge is 2.34. The Labute approximate surface area is 113 Å². The molecule has 0 radical (unpaired) electrons. The van der Waals surface area contributed by atoms with Gasteiger partial charge in [0.25, 0.3) is 0 Å². The molecule has 19 heavy (non-hydrogen) atoms. The molecule has 100 valence electrons. The Morgan fingerprint density at radius 1 is 1.21 bits per heavy atom. The van der Waals surface area contributed by atoms with Gasteiger partial charge in [-0.05, 0) is 30.7 Å². The molecule has 0 spiro atoms. The van der Waals surface area contributed by atoms with E-state index in [2.05, 4.69) is 17.4 Å². The molecule has 3 heteroatoms. The van der Waals surface area contributed by atoms with E-state index in [9.17, 15) is 4.79 Å². The first kappa shape index (κ1) is 12.4. The molecule has 0 bridgehead atoms. The summed E-state index contributed by atoms with van der Waals surface area (Å²) in [5, 5.41) is 3.21. The zero-order valence-corrected chi connectivity index (χ0v) is 11.0. The molecule has 0 aromatic heterocycles. The van der Waals surface area contributed by atoms with Crippen molar-refractivity contribution in [2.75, 3.05) is 0 Å². The molecular formula is C16H20N2O. The maximum Gasteiger partial charge on any atom is 0.227 e. The zero-order valence-electron chi connectivity index (χ0n) is 11.0. The number of carbonyl (C=O) groups excluding carboxylic acids is 1. The van der Waals surface area contributed by atoms with Crippen LogP contribution in [0.1, 0.15) is 30.9 Å². The molecule has 2 aliphatic carbocycles. The zero-order chi connectivity index (χ0) is 13.2. The summed E-state index contributed by atoms with van der Waals surface area (Å²) in [5.41, 5.74) is 7.02. The van der Waals surface area contributed by atoms with Crippen LogP contribution in [-0.4, -0.2) is 11.9 Å². The highest BCUT2D eigenvalue weighted by molar-refractivity contribution is 5.81. The van der Waals surface area contributed by atoms with Crippen LogP contribution in [0.15, 0.2) is 42.5 Å². The van der Waals surface area contributed by atoms with Crippen molar-refractivity contribution in [1.29, 1.82) is 0 Å². The van der Waals surface area contributed by atoms with E-state index in [-0.39, 0.29) is 23.9 Å². The summed E-state index contributed by atoms with van der Waals surface area (Å²) in [6.45, 7) is 0. The lowest BCUT2D eigenvalue weighted by atomic mass is 10.0. The van der Waals surface area contributed by atoms with Crippen LogP contribution >= 0.6 is 0 Å². The Kier molecular flexibility index (Phi) is 3.38. The maximum absolute atomic E-state index is 12.3. The number of hydrogen-bond acceptors (Lipinski definition) is 2. The predicted octanol–water partition coefficient (Wildman–Crippen LogP) is 2.16. The molecule has 1 fully saturated rings. The minimum Gasteiger partial charge on any atom is -0.349 e. The van der Waals surface area contributed by atoms with Crippen molar-refractivity contribution >= 4 is 5.91 Å². The average Bonchev–Trinajstić information content (AvgIpc) is 3.18. The fourth-order valence-electron chi connectivity index (χ4n) is 2.75. The minimum absolute atomic E-state index is 0.0341. The van der Waals surface area contributed by atoms with Gasteiger partial charge in [0.1, 0.15) is 0 Å². The first-order valence-electron chi connectivity index (χ1n) is 7.03.